The number of hydrogen-bond donors (Lipinski definition) is 1. The molecule has 0 amide bonds. The fourth-order valence-corrected chi connectivity index (χ4v) is 3.33. The summed E-state index contributed by atoms with van der Waals surface area (Å²) in [4.78, 5) is 0. The van der Waals surface area contributed by atoms with Crippen LogP contribution < -0.4 is 14.8 Å². The minimum absolute atomic E-state index is 0.367. The van der Waals surface area contributed by atoms with Gasteiger partial charge in [-0.2, -0.15) is 5.10 Å². The molecule has 124 valence electrons. The Kier molecular flexibility index (Phi) is 4.86. The number of ether oxygens (including phenoxy) is 2. The molecule has 1 aromatic heterocycles. The molecule has 5 heteroatoms. The molecule has 0 unspecified atom stereocenters. The number of aryl methyl sites for hydroxylation is 1. The van der Waals surface area contributed by atoms with Gasteiger partial charge >= 0.3 is 0 Å². The first kappa shape index (κ1) is 15.9. The van der Waals surface area contributed by atoms with Crippen LogP contribution in [0, 0.1) is 0 Å². The molecule has 1 aliphatic carbocycles. The van der Waals surface area contributed by atoms with E-state index in [1.807, 2.05) is 18.3 Å². The summed E-state index contributed by atoms with van der Waals surface area (Å²) in [5.74, 6) is 1.67. The maximum absolute atomic E-state index is 5.48. The van der Waals surface area contributed by atoms with Crippen molar-refractivity contribution in [1.29, 1.82) is 0 Å². The third-order valence-electron chi connectivity index (χ3n) is 4.60. The minimum atomic E-state index is 0.367. The smallest absolute Gasteiger partial charge is 0.127 e. The SMILES string of the molecule is CCn1ncc2c1CCC[C@@H]2NCc1ccc(OC)cc1OC. The van der Waals surface area contributed by atoms with E-state index in [1.165, 1.54) is 17.7 Å². The Balaban J connectivity index is 1.73. The van der Waals surface area contributed by atoms with E-state index in [-0.39, 0.29) is 0 Å². The summed E-state index contributed by atoms with van der Waals surface area (Å²) >= 11 is 0. The highest BCUT2D eigenvalue weighted by Crippen LogP contribution is 2.31. The van der Waals surface area contributed by atoms with Crippen molar-refractivity contribution in [2.75, 3.05) is 14.2 Å². The number of rotatable bonds is 6. The molecule has 1 aromatic carbocycles. The van der Waals surface area contributed by atoms with E-state index in [1.54, 1.807) is 14.2 Å². The van der Waals surface area contributed by atoms with Gasteiger partial charge in [-0.15, -0.1) is 0 Å². The summed E-state index contributed by atoms with van der Waals surface area (Å²) in [5, 5.41) is 8.18. The van der Waals surface area contributed by atoms with E-state index < -0.39 is 0 Å². The molecule has 0 saturated heterocycles. The molecule has 0 saturated carbocycles. The van der Waals surface area contributed by atoms with E-state index in [0.717, 1.165) is 43.0 Å². The van der Waals surface area contributed by atoms with Crippen molar-refractivity contribution < 1.29 is 9.47 Å². The third kappa shape index (κ3) is 3.20. The maximum Gasteiger partial charge on any atom is 0.127 e. The number of fused-ring (bicyclic) bond motifs is 1. The number of methoxy groups -OCH3 is 2. The van der Waals surface area contributed by atoms with E-state index >= 15 is 0 Å². The zero-order valence-corrected chi connectivity index (χ0v) is 14.1. The van der Waals surface area contributed by atoms with Gasteiger partial charge in [0.25, 0.3) is 0 Å². The molecule has 0 fully saturated rings. The summed E-state index contributed by atoms with van der Waals surface area (Å²) < 4.78 is 12.9. The van der Waals surface area contributed by atoms with Crippen molar-refractivity contribution in [3.05, 3.63) is 41.2 Å². The number of nitrogens with one attached hydrogen (secondary N) is 1. The minimum Gasteiger partial charge on any atom is -0.497 e. The van der Waals surface area contributed by atoms with Crippen LogP contribution in [0.1, 0.15) is 42.6 Å². The first-order valence-corrected chi connectivity index (χ1v) is 8.25. The second-order valence-corrected chi connectivity index (χ2v) is 5.87. The lowest BCUT2D eigenvalue weighted by molar-refractivity contribution is 0.386. The lowest BCUT2D eigenvalue weighted by Crippen LogP contribution is -2.25. The van der Waals surface area contributed by atoms with Crippen molar-refractivity contribution >= 4 is 0 Å². The number of nitrogens with zero attached hydrogens (tertiary/aromatic N) is 2. The van der Waals surface area contributed by atoms with Crippen molar-refractivity contribution in [3.63, 3.8) is 0 Å². The van der Waals surface area contributed by atoms with Crippen LogP contribution in [0.25, 0.3) is 0 Å². The highest BCUT2D eigenvalue weighted by atomic mass is 16.5. The van der Waals surface area contributed by atoms with Crippen LogP contribution in [0.3, 0.4) is 0 Å². The quantitative estimate of drug-likeness (QED) is 0.890. The fraction of sp³-hybridized carbons (Fsp3) is 0.500. The first-order valence-electron chi connectivity index (χ1n) is 8.25. The van der Waals surface area contributed by atoms with Gasteiger partial charge in [0.1, 0.15) is 11.5 Å². The standard InChI is InChI=1S/C18H25N3O2/c1-4-21-17-7-5-6-16(15(17)12-20-21)19-11-13-8-9-14(22-2)10-18(13)23-3/h8-10,12,16,19H,4-7,11H2,1-3H3/t16-/m0/s1. The molecule has 0 spiro atoms. The maximum atomic E-state index is 5.48. The normalized spacial score (nSPS) is 16.9. The van der Waals surface area contributed by atoms with Crippen molar-refractivity contribution in [3.8, 4) is 11.5 Å². The van der Waals surface area contributed by atoms with Gasteiger partial charge in [-0.3, -0.25) is 4.68 Å². The monoisotopic (exact) mass is 315 g/mol. The van der Waals surface area contributed by atoms with Gasteiger partial charge in [0, 0.05) is 42.0 Å². The first-order chi connectivity index (χ1) is 11.3. The highest BCUT2D eigenvalue weighted by molar-refractivity contribution is 5.40. The van der Waals surface area contributed by atoms with Crippen LogP contribution in [-0.4, -0.2) is 24.0 Å². The van der Waals surface area contributed by atoms with Crippen LogP contribution in [0.4, 0.5) is 0 Å². The molecule has 1 N–H and O–H groups in total. The second kappa shape index (κ2) is 7.04. The number of aromatic nitrogens is 2. The van der Waals surface area contributed by atoms with Crippen molar-refractivity contribution in [1.82, 2.24) is 15.1 Å². The Labute approximate surface area is 137 Å². The number of hydrogen-bond acceptors (Lipinski definition) is 4. The van der Waals surface area contributed by atoms with Gasteiger partial charge in [0.15, 0.2) is 0 Å². The Hall–Kier alpha value is -2.01. The molecule has 2 aromatic rings. The molecule has 5 nitrogen and oxygen atoms in total. The molecule has 0 aliphatic heterocycles. The zero-order chi connectivity index (χ0) is 16.2. The zero-order valence-electron chi connectivity index (χ0n) is 14.1. The van der Waals surface area contributed by atoms with Crippen LogP contribution in [0.5, 0.6) is 11.5 Å². The summed E-state index contributed by atoms with van der Waals surface area (Å²) in [5.41, 5.74) is 3.88. The highest BCUT2D eigenvalue weighted by Gasteiger charge is 2.23. The average molecular weight is 315 g/mol. The summed E-state index contributed by atoms with van der Waals surface area (Å²) in [6, 6.07) is 6.33. The van der Waals surface area contributed by atoms with Crippen LogP contribution >= 0.6 is 0 Å². The molecule has 1 aliphatic rings. The Morgan fingerprint density at radius 3 is 2.91 bits per heavy atom. The molecule has 1 heterocycles. The van der Waals surface area contributed by atoms with E-state index in [9.17, 15) is 0 Å². The topological polar surface area (TPSA) is 48.3 Å². The molecule has 0 radical (unpaired) electrons. The average Bonchev–Trinajstić information content (AvgIpc) is 3.03. The Bertz CT molecular complexity index is 666. The van der Waals surface area contributed by atoms with Gasteiger partial charge in [0.05, 0.1) is 20.4 Å². The van der Waals surface area contributed by atoms with Crippen LogP contribution in [-0.2, 0) is 19.5 Å². The van der Waals surface area contributed by atoms with Gasteiger partial charge in [-0.25, -0.2) is 0 Å². The van der Waals surface area contributed by atoms with Crippen LogP contribution in [0.15, 0.2) is 24.4 Å². The van der Waals surface area contributed by atoms with Crippen LogP contribution in [0.2, 0.25) is 0 Å². The fourth-order valence-electron chi connectivity index (χ4n) is 3.33. The number of benzene rings is 1. The Morgan fingerprint density at radius 1 is 1.30 bits per heavy atom. The van der Waals surface area contributed by atoms with Crippen molar-refractivity contribution in [2.24, 2.45) is 0 Å². The van der Waals surface area contributed by atoms with Gasteiger partial charge in [-0.1, -0.05) is 6.07 Å². The molecule has 1 atom stereocenters. The summed E-state index contributed by atoms with van der Waals surface area (Å²) in [6.45, 7) is 3.86. The van der Waals surface area contributed by atoms with Gasteiger partial charge < -0.3 is 14.8 Å². The molecular weight excluding hydrogens is 290 g/mol. The molecule has 0 bridgehead atoms. The van der Waals surface area contributed by atoms with Crippen molar-refractivity contribution in [2.45, 2.75) is 45.3 Å². The van der Waals surface area contributed by atoms with E-state index in [4.69, 9.17) is 9.47 Å². The summed E-state index contributed by atoms with van der Waals surface area (Å²) in [6.07, 6.45) is 5.52. The van der Waals surface area contributed by atoms with Gasteiger partial charge in [0.2, 0.25) is 0 Å². The lowest BCUT2D eigenvalue weighted by atomic mass is 9.92. The molecule has 23 heavy (non-hydrogen) atoms. The predicted molar refractivity (Wildman–Crippen MR) is 90.0 cm³/mol. The van der Waals surface area contributed by atoms with Gasteiger partial charge in [-0.05, 0) is 32.3 Å². The van der Waals surface area contributed by atoms with E-state index in [2.05, 4.69) is 28.1 Å². The van der Waals surface area contributed by atoms with E-state index in [0.29, 0.717) is 6.04 Å². The summed E-state index contributed by atoms with van der Waals surface area (Å²) in [7, 11) is 3.36. The largest absolute Gasteiger partial charge is 0.497 e. The second-order valence-electron chi connectivity index (χ2n) is 5.87. The predicted octanol–water partition coefficient (Wildman–Crippen LogP) is 3.09. The molecular formula is C18H25N3O2. The third-order valence-corrected chi connectivity index (χ3v) is 4.60. The molecule has 3 rings (SSSR count). The Morgan fingerprint density at radius 2 is 2.17 bits per heavy atom. The lowest BCUT2D eigenvalue weighted by Gasteiger charge is -2.24.